The van der Waals surface area contributed by atoms with Crippen LogP contribution in [-0.2, 0) is 10.3 Å². The van der Waals surface area contributed by atoms with E-state index in [0.717, 1.165) is 49.9 Å². The maximum atomic E-state index is 12.1. The fraction of sp³-hybridized carbons (Fsp3) is 0.524. The van der Waals surface area contributed by atoms with E-state index < -0.39 is 5.60 Å². The maximum absolute atomic E-state index is 12.1. The highest BCUT2D eigenvalue weighted by Crippen LogP contribution is 2.37. The second-order valence-corrected chi connectivity index (χ2v) is 6.91. The summed E-state index contributed by atoms with van der Waals surface area (Å²) < 4.78 is 5.55. The zero-order valence-electron chi connectivity index (χ0n) is 15.6. The van der Waals surface area contributed by atoms with Crippen LogP contribution in [0.3, 0.4) is 0 Å². The molecule has 1 atom stereocenters. The number of unbranched alkanes of at least 4 members (excludes halogenated alkanes) is 2. The zero-order chi connectivity index (χ0) is 18.2. The standard InChI is InChI=1S/C21H29N3O2/c1-2-3-4-9-20(24-12-14-26-15-13-24)21(25,18-7-5-10-22-16-18)19-8-6-11-23-17-19/h5-8,10-11,16-17,20,25H,2-4,9,12-15H2,1H3. The minimum Gasteiger partial charge on any atom is -0.379 e. The molecule has 1 aliphatic rings. The Morgan fingerprint density at radius 3 is 2.19 bits per heavy atom. The molecule has 1 unspecified atom stereocenters. The molecule has 0 radical (unpaired) electrons. The molecule has 1 aliphatic heterocycles. The molecule has 5 heteroatoms. The van der Waals surface area contributed by atoms with Crippen LogP contribution in [0.15, 0.2) is 49.1 Å². The number of nitrogens with zero attached hydrogens (tertiary/aromatic N) is 3. The number of hydrogen-bond acceptors (Lipinski definition) is 5. The molecule has 0 saturated carbocycles. The molecule has 1 N–H and O–H groups in total. The summed E-state index contributed by atoms with van der Waals surface area (Å²) in [6, 6.07) is 7.67. The number of pyridine rings is 2. The van der Waals surface area contributed by atoms with Crippen molar-refractivity contribution in [2.45, 2.75) is 44.2 Å². The van der Waals surface area contributed by atoms with Crippen molar-refractivity contribution in [2.75, 3.05) is 26.3 Å². The summed E-state index contributed by atoms with van der Waals surface area (Å²) in [5, 5.41) is 12.1. The first-order chi connectivity index (χ1) is 12.8. The van der Waals surface area contributed by atoms with E-state index in [0.29, 0.717) is 13.2 Å². The monoisotopic (exact) mass is 355 g/mol. The number of morpholine rings is 1. The van der Waals surface area contributed by atoms with Gasteiger partial charge in [0, 0.05) is 55.0 Å². The molecule has 5 nitrogen and oxygen atoms in total. The number of rotatable bonds is 8. The third-order valence-corrected chi connectivity index (χ3v) is 5.25. The molecule has 1 saturated heterocycles. The molecule has 1 fully saturated rings. The van der Waals surface area contributed by atoms with Gasteiger partial charge in [0.25, 0.3) is 0 Å². The van der Waals surface area contributed by atoms with Gasteiger partial charge in [0.1, 0.15) is 5.60 Å². The number of aromatic nitrogens is 2. The van der Waals surface area contributed by atoms with E-state index in [1.165, 1.54) is 0 Å². The summed E-state index contributed by atoms with van der Waals surface area (Å²) in [5.41, 5.74) is 0.495. The van der Waals surface area contributed by atoms with Gasteiger partial charge in [-0.05, 0) is 18.6 Å². The largest absolute Gasteiger partial charge is 0.379 e. The number of aliphatic hydroxyl groups is 1. The van der Waals surface area contributed by atoms with Gasteiger partial charge >= 0.3 is 0 Å². The van der Waals surface area contributed by atoms with E-state index in [-0.39, 0.29) is 6.04 Å². The average Bonchev–Trinajstić information content (AvgIpc) is 2.73. The molecule has 26 heavy (non-hydrogen) atoms. The van der Waals surface area contributed by atoms with Gasteiger partial charge in [0.05, 0.1) is 13.2 Å². The SMILES string of the molecule is CCCCCC(N1CCOCC1)C(O)(c1cccnc1)c1cccnc1. The minimum atomic E-state index is -1.15. The fourth-order valence-electron chi connectivity index (χ4n) is 3.86. The van der Waals surface area contributed by atoms with Crippen LogP contribution in [0.1, 0.15) is 43.7 Å². The van der Waals surface area contributed by atoms with Crippen molar-refractivity contribution in [3.63, 3.8) is 0 Å². The summed E-state index contributed by atoms with van der Waals surface area (Å²) in [4.78, 5) is 10.9. The lowest BCUT2D eigenvalue weighted by atomic mass is 9.78. The van der Waals surface area contributed by atoms with Crippen LogP contribution in [0.4, 0.5) is 0 Å². The average molecular weight is 355 g/mol. The summed E-state index contributed by atoms with van der Waals surface area (Å²) in [6.07, 6.45) is 11.4. The van der Waals surface area contributed by atoms with Crippen molar-refractivity contribution in [3.8, 4) is 0 Å². The molecule has 0 bridgehead atoms. The normalized spacial score (nSPS) is 17.2. The fourth-order valence-corrected chi connectivity index (χ4v) is 3.86. The van der Waals surface area contributed by atoms with Crippen molar-refractivity contribution >= 4 is 0 Å². The topological polar surface area (TPSA) is 58.5 Å². The smallest absolute Gasteiger partial charge is 0.133 e. The van der Waals surface area contributed by atoms with E-state index >= 15 is 0 Å². The highest BCUT2D eigenvalue weighted by Gasteiger charge is 2.43. The molecule has 140 valence electrons. The molecule has 0 aliphatic carbocycles. The predicted molar refractivity (Wildman–Crippen MR) is 102 cm³/mol. The van der Waals surface area contributed by atoms with Crippen LogP contribution in [-0.4, -0.2) is 52.3 Å². The van der Waals surface area contributed by atoms with Crippen LogP contribution in [0.5, 0.6) is 0 Å². The van der Waals surface area contributed by atoms with Crippen LogP contribution in [0.25, 0.3) is 0 Å². The van der Waals surface area contributed by atoms with Crippen molar-refractivity contribution < 1.29 is 9.84 Å². The summed E-state index contributed by atoms with van der Waals surface area (Å²) in [6.45, 7) is 5.29. The highest BCUT2D eigenvalue weighted by molar-refractivity contribution is 5.35. The first-order valence-corrected chi connectivity index (χ1v) is 9.62. The zero-order valence-corrected chi connectivity index (χ0v) is 15.6. The van der Waals surface area contributed by atoms with Crippen LogP contribution in [0.2, 0.25) is 0 Å². The second-order valence-electron chi connectivity index (χ2n) is 6.91. The number of ether oxygens (including phenoxy) is 1. The number of hydrogen-bond donors (Lipinski definition) is 1. The Morgan fingerprint density at radius 2 is 1.69 bits per heavy atom. The van der Waals surface area contributed by atoms with Crippen LogP contribution >= 0.6 is 0 Å². The van der Waals surface area contributed by atoms with Gasteiger partial charge in [0.15, 0.2) is 0 Å². The maximum Gasteiger partial charge on any atom is 0.133 e. The van der Waals surface area contributed by atoms with E-state index in [4.69, 9.17) is 4.74 Å². The highest BCUT2D eigenvalue weighted by atomic mass is 16.5. The third-order valence-electron chi connectivity index (χ3n) is 5.25. The van der Waals surface area contributed by atoms with Gasteiger partial charge in [0.2, 0.25) is 0 Å². The summed E-state index contributed by atoms with van der Waals surface area (Å²) >= 11 is 0. The molecule has 3 heterocycles. The minimum absolute atomic E-state index is 0.0358. The van der Waals surface area contributed by atoms with Gasteiger partial charge in [-0.15, -0.1) is 0 Å². The third kappa shape index (κ3) is 4.11. The van der Waals surface area contributed by atoms with E-state index in [2.05, 4.69) is 21.8 Å². The Bertz CT molecular complexity index is 605. The van der Waals surface area contributed by atoms with Crippen molar-refractivity contribution in [2.24, 2.45) is 0 Å². The van der Waals surface area contributed by atoms with Gasteiger partial charge in [-0.1, -0.05) is 38.3 Å². The molecule has 3 rings (SSSR count). The van der Waals surface area contributed by atoms with Crippen molar-refractivity contribution in [1.82, 2.24) is 14.9 Å². The lowest BCUT2D eigenvalue weighted by molar-refractivity contribution is -0.0637. The first kappa shape index (κ1) is 19.0. The lowest BCUT2D eigenvalue weighted by Gasteiger charge is -2.44. The molecule has 0 spiro atoms. The molecule has 2 aromatic rings. The first-order valence-electron chi connectivity index (χ1n) is 9.62. The van der Waals surface area contributed by atoms with Crippen LogP contribution < -0.4 is 0 Å². The molecule has 2 aromatic heterocycles. The van der Waals surface area contributed by atoms with Gasteiger partial charge in [-0.3, -0.25) is 14.9 Å². The molecule has 0 amide bonds. The Hall–Kier alpha value is -1.82. The molecular weight excluding hydrogens is 326 g/mol. The van der Waals surface area contributed by atoms with Gasteiger partial charge in [-0.2, -0.15) is 0 Å². The Labute approximate surface area is 156 Å². The summed E-state index contributed by atoms with van der Waals surface area (Å²) in [7, 11) is 0. The predicted octanol–water partition coefficient (Wildman–Crippen LogP) is 2.99. The van der Waals surface area contributed by atoms with E-state index in [1.807, 2.05) is 24.3 Å². The Morgan fingerprint density at radius 1 is 1.08 bits per heavy atom. The van der Waals surface area contributed by atoms with Crippen molar-refractivity contribution in [3.05, 3.63) is 60.2 Å². The van der Waals surface area contributed by atoms with Gasteiger partial charge in [-0.25, -0.2) is 0 Å². The lowest BCUT2D eigenvalue weighted by Crippen LogP contribution is -2.55. The molecule has 0 aromatic carbocycles. The van der Waals surface area contributed by atoms with Gasteiger partial charge < -0.3 is 9.84 Å². The van der Waals surface area contributed by atoms with Crippen LogP contribution in [0, 0.1) is 0 Å². The summed E-state index contributed by atoms with van der Waals surface area (Å²) in [5.74, 6) is 0. The van der Waals surface area contributed by atoms with Crippen molar-refractivity contribution in [1.29, 1.82) is 0 Å². The quantitative estimate of drug-likeness (QED) is 0.738. The second kappa shape index (κ2) is 9.21. The van der Waals surface area contributed by atoms with E-state index in [1.54, 1.807) is 24.8 Å². The van der Waals surface area contributed by atoms with E-state index in [9.17, 15) is 5.11 Å². The Balaban J connectivity index is 2.03. The Kier molecular flexibility index (Phi) is 6.72. The molecular formula is C21H29N3O2.